The van der Waals surface area contributed by atoms with E-state index in [4.69, 9.17) is 0 Å². The molecule has 0 amide bonds. The van der Waals surface area contributed by atoms with Gasteiger partial charge in [0.2, 0.25) is 0 Å². The standard InChI is InChI=1S/C12H16FNO2S/c1-2-9-7-17(15,16)8-12(14-9)10-5-3-4-6-11(10)13/h3-6,9,12,14H,2,7-8H2,1H3. The minimum Gasteiger partial charge on any atom is -0.305 e. The van der Waals surface area contributed by atoms with Crippen molar-refractivity contribution in [1.82, 2.24) is 5.32 Å². The quantitative estimate of drug-likeness (QED) is 0.876. The van der Waals surface area contributed by atoms with Gasteiger partial charge in [-0.05, 0) is 12.5 Å². The fourth-order valence-electron chi connectivity index (χ4n) is 2.18. The second kappa shape index (κ2) is 4.74. The third kappa shape index (κ3) is 2.84. The third-order valence-corrected chi connectivity index (χ3v) is 4.84. The molecular formula is C12H16FNO2S. The van der Waals surface area contributed by atoms with E-state index in [1.54, 1.807) is 18.2 Å². The zero-order chi connectivity index (χ0) is 12.5. The molecule has 0 aromatic heterocycles. The normalized spacial score (nSPS) is 27.9. The lowest BCUT2D eigenvalue weighted by atomic mass is 10.1. The second-order valence-corrected chi connectivity index (χ2v) is 6.58. The van der Waals surface area contributed by atoms with Gasteiger partial charge in [0.05, 0.1) is 11.5 Å². The van der Waals surface area contributed by atoms with Gasteiger partial charge in [-0.15, -0.1) is 0 Å². The fraction of sp³-hybridized carbons (Fsp3) is 0.500. The first-order chi connectivity index (χ1) is 8.02. The van der Waals surface area contributed by atoms with E-state index in [0.29, 0.717) is 5.56 Å². The first kappa shape index (κ1) is 12.5. The van der Waals surface area contributed by atoms with Gasteiger partial charge >= 0.3 is 0 Å². The van der Waals surface area contributed by atoms with Crippen molar-refractivity contribution in [2.24, 2.45) is 0 Å². The number of rotatable bonds is 2. The van der Waals surface area contributed by atoms with Crippen LogP contribution in [0, 0.1) is 5.82 Å². The van der Waals surface area contributed by atoms with Crippen molar-refractivity contribution in [1.29, 1.82) is 0 Å². The van der Waals surface area contributed by atoms with Crippen molar-refractivity contribution < 1.29 is 12.8 Å². The second-order valence-electron chi connectivity index (χ2n) is 4.42. The van der Waals surface area contributed by atoms with Gasteiger partial charge < -0.3 is 5.32 Å². The van der Waals surface area contributed by atoms with E-state index in [-0.39, 0.29) is 23.4 Å². The summed E-state index contributed by atoms with van der Waals surface area (Å²) in [6.45, 7) is 1.93. The first-order valence-corrected chi connectivity index (χ1v) is 7.55. The van der Waals surface area contributed by atoms with Crippen molar-refractivity contribution in [2.75, 3.05) is 11.5 Å². The first-order valence-electron chi connectivity index (χ1n) is 5.72. The smallest absolute Gasteiger partial charge is 0.153 e. The Bertz CT molecular complexity index is 501. The molecular weight excluding hydrogens is 241 g/mol. The summed E-state index contributed by atoms with van der Waals surface area (Å²) in [5.74, 6) is -0.226. The number of hydrogen-bond donors (Lipinski definition) is 1. The van der Waals surface area contributed by atoms with Crippen LogP contribution < -0.4 is 5.32 Å². The van der Waals surface area contributed by atoms with Crippen LogP contribution in [0.3, 0.4) is 0 Å². The molecule has 5 heteroatoms. The number of sulfone groups is 1. The Kier molecular flexibility index (Phi) is 3.49. The lowest BCUT2D eigenvalue weighted by molar-refractivity contribution is 0.429. The lowest BCUT2D eigenvalue weighted by Crippen LogP contribution is -2.47. The van der Waals surface area contributed by atoms with Crippen molar-refractivity contribution >= 4 is 9.84 Å². The maximum atomic E-state index is 13.6. The molecule has 1 aliphatic heterocycles. The Morgan fingerprint density at radius 2 is 2.06 bits per heavy atom. The monoisotopic (exact) mass is 257 g/mol. The highest BCUT2D eigenvalue weighted by molar-refractivity contribution is 7.91. The molecule has 2 unspecified atom stereocenters. The van der Waals surface area contributed by atoms with Crippen LogP contribution in [0.25, 0.3) is 0 Å². The summed E-state index contributed by atoms with van der Waals surface area (Å²) < 4.78 is 37.1. The minimum atomic E-state index is -3.09. The van der Waals surface area contributed by atoms with Gasteiger partial charge in [-0.25, -0.2) is 12.8 Å². The van der Waals surface area contributed by atoms with E-state index in [1.807, 2.05) is 6.92 Å². The molecule has 0 radical (unpaired) electrons. The predicted octanol–water partition coefficient (Wildman–Crippen LogP) is 1.66. The zero-order valence-corrected chi connectivity index (χ0v) is 10.5. The van der Waals surface area contributed by atoms with Crippen LogP contribution in [-0.2, 0) is 9.84 Å². The molecule has 1 saturated heterocycles. The molecule has 2 rings (SSSR count). The average molecular weight is 257 g/mol. The summed E-state index contributed by atoms with van der Waals surface area (Å²) in [6.07, 6.45) is 0.726. The predicted molar refractivity (Wildman–Crippen MR) is 65.0 cm³/mol. The molecule has 1 heterocycles. The van der Waals surface area contributed by atoms with Gasteiger partial charge in [-0.3, -0.25) is 0 Å². The van der Waals surface area contributed by atoms with Crippen LogP contribution in [0.15, 0.2) is 24.3 Å². The molecule has 1 N–H and O–H groups in total. The van der Waals surface area contributed by atoms with E-state index in [1.165, 1.54) is 6.07 Å². The summed E-state index contributed by atoms with van der Waals surface area (Å²) in [5.41, 5.74) is 0.439. The van der Waals surface area contributed by atoms with Crippen LogP contribution >= 0.6 is 0 Å². The van der Waals surface area contributed by atoms with Gasteiger partial charge in [0.1, 0.15) is 5.82 Å². The van der Waals surface area contributed by atoms with Crippen LogP contribution in [0.2, 0.25) is 0 Å². The van der Waals surface area contributed by atoms with E-state index in [2.05, 4.69) is 5.32 Å². The highest BCUT2D eigenvalue weighted by Gasteiger charge is 2.32. The van der Waals surface area contributed by atoms with E-state index in [0.717, 1.165) is 6.42 Å². The highest BCUT2D eigenvalue weighted by Crippen LogP contribution is 2.24. The molecule has 17 heavy (non-hydrogen) atoms. The SMILES string of the molecule is CCC1CS(=O)(=O)CC(c2ccccc2F)N1. The third-order valence-electron chi connectivity index (χ3n) is 3.09. The summed E-state index contributed by atoms with van der Waals surface area (Å²) in [5, 5.41) is 3.20. The van der Waals surface area contributed by atoms with Crippen LogP contribution in [0.4, 0.5) is 4.39 Å². The van der Waals surface area contributed by atoms with Gasteiger partial charge in [-0.2, -0.15) is 0 Å². The van der Waals surface area contributed by atoms with E-state index < -0.39 is 15.9 Å². The molecule has 2 atom stereocenters. The van der Waals surface area contributed by atoms with Crippen molar-refractivity contribution in [3.05, 3.63) is 35.6 Å². The lowest BCUT2D eigenvalue weighted by Gasteiger charge is -2.30. The van der Waals surface area contributed by atoms with Gasteiger partial charge in [0.15, 0.2) is 9.84 Å². The summed E-state index contributed by atoms with van der Waals surface area (Å²) in [7, 11) is -3.09. The van der Waals surface area contributed by atoms with Crippen LogP contribution in [-0.4, -0.2) is 26.0 Å². The van der Waals surface area contributed by atoms with Gasteiger partial charge in [-0.1, -0.05) is 25.1 Å². The van der Waals surface area contributed by atoms with Crippen molar-refractivity contribution in [3.8, 4) is 0 Å². The van der Waals surface area contributed by atoms with Crippen molar-refractivity contribution in [3.63, 3.8) is 0 Å². The molecule has 0 saturated carbocycles. The molecule has 0 aliphatic carbocycles. The minimum absolute atomic E-state index is 0.0234. The van der Waals surface area contributed by atoms with Crippen LogP contribution in [0.5, 0.6) is 0 Å². The molecule has 0 spiro atoms. The Morgan fingerprint density at radius 3 is 2.71 bits per heavy atom. The molecule has 1 aromatic rings. The summed E-state index contributed by atoms with van der Waals surface area (Å²) in [4.78, 5) is 0. The topological polar surface area (TPSA) is 46.2 Å². The van der Waals surface area contributed by atoms with Crippen LogP contribution in [0.1, 0.15) is 24.9 Å². The maximum absolute atomic E-state index is 13.6. The molecule has 0 bridgehead atoms. The fourth-order valence-corrected chi connectivity index (χ4v) is 4.05. The van der Waals surface area contributed by atoms with E-state index >= 15 is 0 Å². The number of benzene rings is 1. The van der Waals surface area contributed by atoms with E-state index in [9.17, 15) is 12.8 Å². The molecule has 1 aromatic carbocycles. The average Bonchev–Trinajstić information content (AvgIpc) is 2.27. The number of halogens is 1. The number of nitrogens with one attached hydrogen (secondary N) is 1. The Hall–Kier alpha value is -0.940. The highest BCUT2D eigenvalue weighted by atomic mass is 32.2. The Morgan fingerprint density at radius 1 is 1.35 bits per heavy atom. The summed E-state index contributed by atoms with van der Waals surface area (Å²) in [6, 6.07) is 5.81. The zero-order valence-electron chi connectivity index (χ0n) is 9.69. The Balaban J connectivity index is 2.30. The van der Waals surface area contributed by atoms with Gasteiger partial charge in [0, 0.05) is 17.6 Å². The molecule has 1 fully saturated rings. The maximum Gasteiger partial charge on any atom is 0.153 e. The molecule has 94 valence electrons. The van der Waals surface area contributed by atoms with Gasteiger partial charge in [0.25, 0.3) is 0 Å². The Labute approximate surface area is 101 Å². The largest absolute Gasteiger partial charge is 0.305 e. The van der Waals surface area contributed by atoms with Crippen molar-refractivity contribution in [2.45, 2.75) is 25.4 Å². The number of hydrogen-bond acceptors (Lipinski definition) is 3. The molecule has 1 aliphatic rings. The molecule has 3 nitrogen and oxygen atoms in total. The summed E-state index contributed by atoms with van der Waals surface area (Å²) >= 11 is 0.